The average molecular weight is 463 g/mol. The lowest BCUT2D eigenvalue weighted by Gasteiger charge is -2.19. The van der Waals surface area contributed by atoms with E-state index in [9.17, 15) is 14.7 Å². The molecule has 8 nitrogen and oxygen atoms in total. The van der Waals surface area contributed by atoms with E-state index in [4.69, 9.17) is 9.83 Å². The second-order valence-electron chi connectivity index (χ2n) is 6.86. The molecule has 2 aliphatic rings. The Kier molecular flexibility index (Phi) is 5.08. The van der Waals surface area contributed by atoms with Gasteiger partial charge in [0.15, 0.2) is 5.84 Å². The minimum absolute atomic E-state index is 0.0654. The van der Waals surface area contributed by atoms with Gasteiger partial charge in [-0.3, -0.25) is 10.2 Å². The quantitative estimate of drug-likeness (QED) is 0.536. The molecule has 0 saturated heterocycles. The number of carboxylic acids is 1. The molecule has 3 aromatic rings. The number of fused-ring (bicyclic) bond motifs is 1. The second kappa shape index (κ2) is 8.06. The zero-order valence-electron chi connectivity index (χ0n) is 16.3. The number of carboxylic acid groups (broad SMARTS) is 1. The normalized spacial score (nSPS) is 16.9. The Morgan fingerprint density at radius 1 is 1.22 bits per heavy atom. The zero-order valence-corrected chi connectivity index (χ0v) is 17.9. The number of amides is 1. The molecule has 1 amide bonds. The summed E-state index contributed by atoms with van der Waals surface area (Å²) in [5, 5.41) is 26.6. The summed E-state index contributed by atoms with van der Waals surface area (Å²) in [6.07, 6.45) is 2.07. The predicted octanol–water partition coefficient (Wildman–Crippen LogP) is 4.57. The van der Waals surface area contributed by atoms with Crippen LogP contribution in [0, 0.1) is 5.41 Å². The molecule has 0 spiro atoms. The molecule has 5 rings (SSSR count). The van der Waals surface area contributed by atoms with Gasteiger partial charge in [-0.05, 0) is 53.5 Å². The Bertz CT molecular complexity index is 1350. The number of hydrogen-bond acceptors (Lipinski definition) is 7. The predicted molar refractivity (Wildman–Crippen MR) is 124 cm³/mol. The molecule has 0 unspecified atom stereocenters. The lowest BCUT2D eigenvalue weighted by Crippen LogP contribution is -2.35. The van der Waals surface area contributed by atoms with Crippen molar-refractivity contribution in [3.05, 3.63) is 75.7 Å². The van der Waals surface area contributed by atoms with Crippen molar-refractivity contribution >= 4 is 57.1 Å². The number of carbonyl (C=O) groups is 2. The molecule has 1 aromatic carbocycles. The average Bonchev–Trinajstić information content (AvgIpc) is 3.53. The number of rotatable bonds is 5. The highest BCUT2D eigenvalue weighted by Gasteiger charge is 2.35. The third kappa shape index (κ3) is 3.81. The van der Waals surface area contributed by atoms with Gasteiger partial charge in [0.05, 0.1) is 11.1 Å². The van der Waals surface area contributed by atoms with E-state index in [0.717, 1.165) is 9.92 Å². The molecule has 0 aliphatic carbocycles. The van der Waals surface area contributed by atoms with Crippen LogP contribution in [-0.4, -0.2) is 38.0 Å². The lowest BCUT2D eigenvalue weighted by molar-refractivity contribution is -0.114. The summed E-state index contributed by atoms with van der Waals surface area (Å²) < 4.78 is 5.78. The van der Waals surface area contributed by atoms with Crippen LogP contribution >= 0.6 is 23.1 Å². The monoisotopic (exact) mass is 462 g/mol. The van der Waals surface area contributed by atoms with Crippen molar-refractivity contribution in [1.29, 1.82) is 5.41 Å². The first kappa shape index (κ1) is 20.2. The molecule has 2 aromatic heterocycles. The van der Waals surface area contributed by atoms with Gasteiger partial charge in [0.2, 0.25) is 5.17 Å². The summed E-state index contributed by atoms with van der Waals surface area (Å²) in [7, 11) is 0. The van der Waals surface area contributed by atoms with Crippen LogP contribution in [-0.2, 0) is 11.2 Å². The van der Waals surface area contributed by atoms with Gasteiger partial charge in [0.25, 0.3) is 5.91 Å². The third-order valence-electron chi connectivity index (χ3n) is 4.71. The Hall–Kier alpha value is -3.76. The molecule has 0 saturated carbocycles. The molecule has 32 heavy (non-hydrogen) atoms. The van der Waals surface area contributed by atoms with Gasteiger partial charge in [-0.1, -0.05) is 18.2 Å². The summed E-state index contributed by atoms with van der Waals surface area (Å²) in [5.41, 5.74) is 0.807. The number of thioether (sulfide) groups is 1. The first-order valence-electron chi connectivity index (χ1n) is 9.43. The topological polar surface area (TPSA) is 119 Å². The highest BCUT2D eigenvalue weighted by Crippen LogP contribution is 2.31. The van der Waals surface area contributed by atoms with E-state index in [0.29, 0.717) is 28.7 Å². The van der Waals surface area contributed by atoms with Crippen molar-refractivity contribution in [3.8, 4) is 11.3 Å². The smallest absolute Gasteiger partial charge is 0.335 e. The Balaban J connectivity index is 1.40. The van der Waals surface area contributed by atoms with Crippen LogP contribution in [0.3, 0.4) is 0 Å². The summed E-state index contributed by atoms with van der Waals surface area (Å²) >= 11 is 2.91. The molecular formula is C22H14N4O4S2. The number of hydrogen-bond donors (Lipinski definition) is 2. The van der Waals surface area contributed by atoms with E-state index in [1.54, 1.807) is 35.6 Å². The van der Waals surface area contributed by atoms with E-state index in [1.807, 2.05) is 17.5 Å². The summed E-state index contributed by atoms with van der Waals surface area (Å²) in [5.74, 6) is -0.834. The molecule has 2 aliphatic heterocycles. The SMILES string of the molecule is N=C1C(=Cc2ccc(-c3cccc(C(=O)O)c3)o2)C(=O)N=C2SC(Cc3cccs3)=NN12. The van der Waals surface area contributed by atoms with Crippen LogP contribution in [0.25, 0.3) is 17.4 Å². The van der Waals surface area contributed by atoms with E-state index in [2.05, 4.69) is 10.1 Å². The minimum atomic E-state index is -1.03. The van der Waals surface area contributed by atoms with Crippen LogP contribution in [0.4, 0.5) is 0 Å². The third-order valence-corrected chi connectivity index (χ3v) is 6.49. The fourth-order valence-electron chi connectivity index (χ4n) is 3.20. The number of thiophene rings is 1. The van der Waals surface area contributed by atoms with Gasteiger partial charge in [-0.15, -0.1) is 11.3 Å². The van der Waals surface area contributed by atoms with E-state index < -0.39 is 11.9 Å². The van der Waals surface area contributed by atoms with Gasteiger partial charge in [-0.2, -0.15) is 15.1 Å². The van der Waals surface area contributed by atoms with Crippen LogP contribution in [0.15, 0.2) is 74.0 Å². The molecule has 0 radical (unpaired) electrons. The zero-order chi connectivity index (χ0) is 22.2. The minimum Gasteiger partial charge on any atom is -0.478 e. The maximum absolute atomic E-state index is 12.6. The van der Waals surface area contributed by atoms with E-state index in [1.165, 1.54) is 35.0 Å². The molecule has 0 bridgehead atoms. The molecule has 10 heteroatoms. The van der Waals surface area contributed by atoms with Crippen molar-refractivity contribution in [2.24, 2.45) is 10.1 Å². The number of nitrogens with one attached hydrogen (secondary N) is 1. The van der Waals surface area contributed by atoms with Crippen LogP contribution in [0.1, 0.15) is 21.0 Å². The van der Waals surface area contributed by atoms with Crippen molar-refractivity contribution in [1.82, 2.24) is 5.01 Å². The van der Waals surface area contributed by atoms with Crippen molar-refractivity contribution in [3.63, 3.8) is 0 Å². The first-order chi connectivity index (χ1) is 15.5. The first-order valence-corrected chi connectivity index (χ1v) is 11.1. The van der Waals surface area contributed by atoms with Gasteiger partial charge in [0.1, 0.15) is 16.6 Å². The van der Waals surface area contributed by atoms with Crippen LogP contribution < -0.4 is 0 Å². The number of benzene rings is 1. The highest BCUT2D eigenvalue weighted by atomic mass is 32.2. The fourth-order valence-corrected chi connectivity index (χ4v) is 4.91. The summed E-state index contributed by atoms with van der Waals surface area (Å²) in [6, 6.07) is 13.7. The van der Waals surface area contributed by atoms with Crippen LogP contribution in [0.2, 0.25) is 0 Å². The molecule has 2 N–H and O–H groups in total. The maximum atomic E-state index is 12.6. The molecule has 4 heterocycles. The Morgan fingerprint density at radius 2 is 2.09 bits per heavy atom. The molecule has 0 atom stereocenters. The number of aliphatic imine (C=N–C) groups is 1. The lowest BCUT2D eigenvalue weighted by atomic mass is 10.1. The summed E-state index contributed by atoms with van der Waals surface area (Å²) in [4.78, 5) is 29.0. The van der Waals surface area contributed by atoms with Gasteiger partial charge < -0.3 is 9.52 Å². The maximum Gasteiger partial charge on any atom is 0.335 e. The van der Waals surface area contributed by atoms with Gasteiger partial charge in [-0.25, -0.2) is 4.79 Å². The number of nitrogens with zero attached hydrogens (tertiary/aromatic N) is 3. The molecular weight excluding hydrogens is 448 g/mol. The fraction of sp³-hybridized carbons (Fsp3) is 0.0455. The number of amidine groups is 2. The van der Waals surface area contributed by atoms with Crippen molar-refractivity contribution in [2.75, 3.05) is 0 Å². The summed E-state index contributed by atoms with van der Waals surface area (Å²) in [6.45, 7) is 0. The number of hydrazone groups is 1. The van der Waals surface area contributed by atoms with Gasteiger partial charge in [0, 0.05) is 16.9 Å². The Labute approximate surface area is 190 Å². The molecule has 0 fully saturated rings. The number of furan rings is 1. The van der Waals surface area contributed by atoms with E-state index in [-0.39, 0.29) is 17.0 Å². The highest BCUT2D eigenvalue weighted by molar-refractivity contribution is 8.27. The van der Waals surface area contributed by atoms with Crippen molar-refractivity contribution in [2.45, 2.75) is 6.42 Å². The number of aromatic carboxylic acids is 1. The molecule has 158 valence electrons. The second-order valence-corrected chi connectivity index (χ2v) is 8.93. The van der Waals surface area contributed by atoms with Crippen molar-refractivity contribution < 1.29 is 19.1 Å². The number of carbonyl (C=O) groups excluding carboxylic acids is 1. The largest absolute Gasteiger partial charge is 0.478 e. The Morgan fingerprint density at radius 3 is 2.88 bits per heavy atom. The standard InChI is InChI=1S/C22H14N4O4S2/c23-19-16(10-14-6-7-17(30-14)12-3-1-4-13(9-12)21(28)29)20(27)24-22-26(19)25-18(32-22)11-15-5-2-8-31-15/h1-10,23H,11H2,(H,28,29). The van der Waals surface area contributed by atoms with E-state index >= 15 is 0 Å². The van der Waals surface area contributed by atoms with Gasteiger partial charge >= 0.3 is 5.97 Å². The van der Waals surface area contributed by atoms with Crippen LogP contribution in [0.5, 0.6) is 0 Å².